The van der Waals surface area contributed by atoms with Crippen LogP contribution >= 0.6 is 11.6 Å². The van der Waals surface area contributed by atoms with Crippen LogP contribution in [0.25, 0.3) is 0 Å². The third-order valence-electron chi connectivity index (χ3n) is 6.13. The summed E-state index contributed by atoms with van der Waals surface area (Å²) in [5.41, 5.74) is 1.49. The summed E-state index contributed by atoms with van der Waals surface area (Å²) in [7, 11) is 1.58. The van der Waals surface area contributed by atoms with Crippen molar-refractivity contribution < 1.29 is 42.4 Å². The van der Waals surface area contributed by atoms with Gasteiger partial charge in [-0.05, 0) is 35.9 Å². The van der Waals surface area contributed by atoms with Crippen LogP contribution in [-0.2, 0) is 11.2 Å². The van der Waals surface area contributed by atoms with E-state index in [2.05, 4.69) is 10.2 Å². The van der Waals surface area contributed by atoms with Gasteiger partial charge in [0.05, 0.1) is 5.56 Å². The quantitative estimate of drug-likeness (QED) is 0.510. The third kappa shape index (κ3) is 7.73. The minimum absolute atomic E-state index is 0.135. The number of nitrogens with one attached hydrogen (secondary N) is 1. The van der Waals surface area contributed by atoms with Gasteiger partial charge in [0, 0.05) is 51.0 Å². The van der Waals surface area contributed by atoms with Crippen LogP contribution in [0.3, 0.4) is 0 Å². The second kappa shape index (κ2) is 12.0. The van der Waals surface area contributed by atoms with Gasteiger partial charge in [-0.15, -0.1) is 0 Å². The maximum Gasteiger partial charge on any atom is 0.490 e. The number of benzene rings is 2. The SMILES string of the molecule is CNC(=O)c1ccccc1OC[C@H](O)CN1CCC2(CC1)Cc1cc(Cl)ccc1O2.O=C(O)C(F)(F)F. The molecule has 12 heteroatoms. The van der Waals surface area contributed by atoms with Crippen molar-refractivity contribution in [3.05, 3.63) is 58.6 Å². The first kappa shape index (κ1) is 28.5. The van der Waals surface area contributed by atoms with E-state index >= 15 is 0 Å². The molecule has 4 rings (SSSR count). The largest absolute Gasteiger partial charge is 0.490 e. The lowest BCUT2D eigenvalue weighted by atomic mass is 9.87. The molecule has 1 saturated heterocycles. The molecule has 2 aromatic rings. The van der Waals surface area contributed by atoms with Crippen LogP contribution in [0, 0.1) is 0 Å². The minimum Gasteiger partial charge on any atom is -0.490 e. The molecule has 2 aromatic carbocycles. The molecule has 2 heterocycles. The van der Waals surface area contributed by atoms with Crippen molar-refractivity contribution in [2.24, 2.45) is 0 Å². The monoisotopic (exact) mass is 544 g/mol. The second-order valence-corrected chi connectivity index (χ2v) is 9.29. The van der Waals surface area contributed by atoms with E-state index in [-0.39, 0.29) is 18.1 Å². The number of halogens is 4. The predicted octanol–water partition coefficient (Wildman–Crippen LogP) is 3.54. The zero-order valence-corrected chi connectivity index (χ0v) is 20.8. The molecule has 0 unspecified atom stereocenters. The van der Waals surface area contributed by atoms with Crippen molar-refractivity contribution in [1.82, 2.24) is 10.2 Å². The molecule has 3 N–H and O–H groups in total. The van der Waals surface area contributed by atoms with Crippen molar-refractivity contribution in [1.29, 1.82) is 0 Å². The molecule has 2 aliphatic heterocycles. The summed E-state index contributed by atoms with van der Waals surface area (Å²) in [5, 5.41) is 20.9. The summed E-state index contributed by atoms with van der Waals surface area (Å²) in [5.74, 6) is -1.55. The van der Waals surface area contributed by atoms with Gasteiger partial charge in [-0.25, -0.2) is 4.79 Å². The first-order valence-electron chi connectivity index (χ1n) is 11.5. The van der Waals surface area contributed by atoms with Crippen LogP contribution in [-0.4, -0.2) is 78.2 Å². The molecule has 1 spiro atoms. The topological polar surface area (TPSA) is 108 Å². The number of carboxylic acid groups (broad SMARTS) is 1. The standard InChI is InChI=1S/C23H27ClN2O4.C2HF3O2/c1-25-22(28)19-4-2-3-5-21(19)29-15-18(27)14-26-10-8-23(9-11-26)13-16-12-17(24)6-7-20(16)30-23;3-2(4,5)1(6)7/h2-7,12,18,27H,8-11,13-15H2,1H3,(H,25,28);(H,6,7)/t18-;/m1./s1. The van der Waals surface area contributed by atoms with Crippen molar-refractivity contribution in [2.45, 2.75) is 37.1 Å². The van der Waals surface area contributed by atoms with Gasteiger partial charge < -0.3 is 29.9 Å². The van der Waals surface area contributed by atoms with Gasteiger partial charge in [0.2, 0.25) is 0 Å². The summed E-state index contributed by atoms with van der Waals surface area (Å²) in [6.45, 7) is 2.37. The van der Waals surface area contributed by atoms with Crippen LogP contribution in [0.1, 0.15) is 28.8 Å². The summed E-state index contributed by atoms with van der Waals surface area (Å²) < 4.78 is 43.8. The molecule has 0 radical (unpaired) electrons. The number of hydrogen-bond donors (Lipinski definition) is 3. The molecule has 37 heavy (non-hydrogen) atoms. The highest BCUT2D eigenvalue weighted by Crippen LogP contribution is 2.41. The first-order chi connectivity index (χ1) is 17.4. The smallest absolute Gasteiger partial charge is 0.490 e. The molecule has 202 valence electrons. The number of carbonyl (C=O) groups is 2. The van der Waals surface area contributed by atoms with E-state index in [0.29, 0.717) is 17.9 Å². The summed E-state index contributed by atoms with van der Waals surface area (Å²) >= 11 is 6.11. The van der Waals surface area contributed by atoms with E-state index in [9.17, 15) is 23.1 Å². The van der Waals surface area contributed by atoms with Gasteiger partial charge in [0.25, 0.3) is 5.91 Å². The van der Waals surface area contributed by atoms with E-state index in [1.165, 1.54) is 5.56 Å². The number of carboxylic acids is 1. The van der Waals surface area contributed by atoms with Gasteiger partial charge in [0.15, 0.2) is 0 Å². The van der Waals surface area contributed by atoms with Gasteiger partial charge in [-0.2, -0.15) is 13.2 Å². The number of aliphatic carboxylic acids is 1. The predicted molar refractivity (Wildman–Crippen MR) is 129 cm³/mol. The highest BCUT2D eigenvalue weighted by atomic mass is 35.5. The Morgan fingerprint density at radius 1 is 1.22 bits per heavy atom. The number of alkyl halides is 3. The summed E-state index contributed by atoms with van der Waals surface area (Å²) in [6, 6.07) is 12.9. The van der Waals surface area contributed by atoms with Crippen LogP contribution in [0.2, 0.25) is 5.02 Å². The number of amides is 1. The normalized spacial score (nSPS) is 17.1. The molecule has 0 aliphatic carbocycles. The highest BCUT2D eigenvalue weighted by Gasteiger charge is 2.42. The number of fused-ring (bicyclic) bond motifs is 1. The Labute approximate surface area is 216 Å². The fraction of sp³-hybridized carbons (Fsp3) is 0.440. The number of carbonyl (C=O) groups excluding carboxylic acids is 1. The Bertz CT molecular complexity index is 1110. The molecule has 0 saturated carbocycles. The summed E-state index contributed by atoms with van der Waals surface area (Å²) in [4.78, 5) is 23.1. The molecule has 1 fully saturated rings. The molecule has 0 bridgehead atoms. The van der Waals surface area contributed by atoms with Crippen LogP contribution < -0.4 is 14.8 Å². The zero-order chi connectivity index (χ0) is 27.2. The molecule has 0 aromatic heterocycles. The Hall–Kier alpha value is -3.02. The lowest BCUT2D eigenvalue weighted by Crippen LogP contribution is -2.49. The number of rotatable bonds is 6. The van der Waals surface area contributed by atoms with E-state index in [1.807, 2.05) is 24.3 Å². The Morgan fingerprint density at radius 2 is 1.86 bits per heavy atom. The molecule has 1 atom stereocenters. The zero-order valence-electron chi connectivity index (χ0n) is 20.1. The minimum atomic E-state index is -5.08. The fourth-order valence-corrected chi connectivity index (χ4v) is 4.47. The average molecular weight is 545 g/mol. The lowest BCUT2D eigenvalue weighted by molar-refractivity contribution is -0.192. The number of ether oxygens (including phenoxy) is 2. The Balaban J connectivity index is 0.000000479. The molecular weight excluding hydrogens is 517 g/mol. The Morgan fingerprint density at radius 3 is 2.49 bits per heavy atom. The van der Waals surface area contributed by atoms with Crippen LogP contribution in [0.5, 0.6) is 11.5 Å². The fourth-order valence-electron chi connectivity index (χ4n) is 4.28. The number of aliphatic hydroxyl groups is 1. The molecule has 2 aliphatic rings. The number of aliphatic hydroxyl groups excluding tert-OH is 1. The highest BCUT2D eigenvalue weighted by molar-refractivity contribution is 6.30. The van der Waals surface area contributed by atoms with E-state index < -0.39 is 18.2 Å². The third-order valence-corrected chi connectivity index (χ3v) is 6.37. The molecule has 8 nitrogen and oxygen atoms in total. The number of piperidine rings is 1. The molecule has 1 amide bonds. The van der Waals surface area contributed by atoms with Crippen molar-refractivity contribution in [3.8, 4) is 11.5 Å². The number of nitrogens with zero attached hydrogens (tertiary/aromatic N) is 1. The van der Waals surface area contributed by atoms with E-state index in [1.54, 1.807) is 25.2 Å². The second-order valence-electron chi connectivity index (χ2n) is 8.86. The maximum absolute atomic E-state index is 11.9. The first-order valence-corrected chi connectivity index (χ1v) is 11.9. The molecular formula is C25H28ClF3N2O6. The van der Waals surface area contributed by atoms with Gasteiger partial charge in [-0.3, -0.25) is 4.79 Å². The van der Waals surface area contributed by atoms with Gasteiger partial charge >= 0.3 is 12.1 Å². The van der Waals surface area contributed by atoms with E-state index in [4.69, 9.17) is 31.0 Å². The maximum atomic E-state index is 11.9. The van der Waals surface area contributed by atoms with E-state index in [0.717, 1.165) is 43.1 Å². The Kier molecular flexibility index (Phi) is 9.27. The average Bonchev–Trinajstić information content (AvgIpc) is 3.20. The summed E-state index contributed by atoms with van der Waals surface area (Å²) in [6.07, 6.45) is -3.02. The van der Waals surface area contributed by atoms with Crippen LogP contribution in [0.4, 0.5) is 13.2 Å². The number of likely N-dealkylation sites (tertiary alicyclic amines) is 1. The lowest BCUT2D eigenvalue weighted by Gasteiger charge is -2.39. The number of para-hydroxylation sites is 1. The van der Waals surface area contributed by atoms with Crippen molar-refractivity contribution in [2.75, 3.05) is 33.3 Å². The van der Waals surface area contributed by atoms with Crippen molar-refractivity contribution >= 4 is 23.5 Å². The van der Waals surface area contributed by atoms with Gasteiger partial charge in [0.1, 0.15) is 29.8 Å². The number of β-amino-alcohol motifs (C(OH)–C–C–N with tert-alkyl or cyclic N) is 1. The van der Waals surface area contributed by atoms with Crippen LogP contribution in [0.15, 0.2) is 42.5 Å². The van der Waals surface area contributed by atoms with Crippen molar-refractivity contribution in [3.63, 3.8) is 0 Å². The number of hydrogen-bond acceptors (Lipinski definition) is 6. The van der Waals surface area contributed by atoms with Gasteiger partial charge in [-0.1, -0.05) is 23.7 Å².